The monoisotopic (exact) mass is 488 g/mol. The van der Waals surface area contributed by atoms with Gasteiger partial charge in [0.25, 0.3) is 5.91 Å². The molecule has 0 unspecified atom stereocenters. The Bertz CT molecular complexity index is 1170. The zero-order valence-electron chi connectivity index (χ0n) is 20.4. The van der Waals surface area contributed by atoms with Gasteiger partial charge >= 0.3 is 5.97 Å². The molecule has 2 aliphatic rings. The summed E-state index contributed by atoms with van der Waals surface area (Å²) in [7, 11) is 0. The highest BCUT2D eigenvalue weighted by Crippen LogP contribution is 2.45. The number of nitrogens with zero attached hydrogens (tertiary/aromatic N) is 2. The smallest absolute Gasteiger partial charge is 0.338 e. The summed E-state index contributed by atoms with van der Waals surface area (Å²) in [6.45, 7) is 3.11. The van der Waals surface area contributed by atoms with E-state index in [2.05, 4.69) is 15.5 Å². The van der Waals surface area contributed by atoms with Crippen LogP contribution in [0.4, 0.5) is 0 Å². The van der Waals surface area contributed by atoms with E-state index in [1.807, 2.05) is 53.4 Å². The molecule has 2 heterocycles. The van der Waals surface area contributed by atoms with Gasteiger partial charge in [-0.05, 0) is 30.5 Å². The Kier molecular flexibility index (Phi) is 7.44. The number of hydrogen-bond acceptors (Lipinski definition) is 6. The molecule has 1 saturated carbocycles. The van der Waals surface area contributed by atoms with E-state index >= 15 is 0 Å². The normalized spacial score (nSPS) is 15.7. The van der Waals surface area contributed by atoms with Gasteiger partial charge < -0.3 is 19.7 Å². The maximum Gasteiger partial charge on any atom is 0.338 e. The number of benzene rings is 2. The van der Waals surface area contributed by atoms with Crippen LogP contribution in [0.25, 0.3) is 0 Å². The molecule has 5 rings (SSSR count). The van der Waals surface area contributed by atoms with E-state index in [4.69, 9.17) is 9.47 Å². The number of H-pyrrole nitrogens is 1. The summed E-state index contributed by atoms with van der Waals surface area (Å²) in [5, 5.41) is 10.8. The first-order chi connectivity index (χ1) is 17.7. The summed E-state index contributed by atoms with van der Waals surface area (Å²) >= 11 is 0. The van der Waals surface area contributed by atoms with Crippen LogP contribution in [-0.2, 0) is 29.0 Å². The van der Waals surface area contributed by atoms with Crippen LogP contribution in [0, 0.1) is 0 Å². The van der Waals surface area contributed by atoms with E-state index < -0.39 is 0 Å². The van der Waals surface area contributed by atoms with Gasteiger partial charge in [0.15, 0.2) is 5.69 Å². The fourth-order valence-corrected chi connectivity index (χ4v) is 4.79. The molecule has 1 aromatic heterocycles. The van der Waals surface area contributed by atoms with Gasteiger partial charge in [-0.15, -0.1) is 0 Å². The molecule has 188 valence electrons. The number of nitrogens with one attached hydrogen (secondary N) is 2. The van der Waals surface area contributed by atoms with Crippen LogP contribution < -0.4 is 5.32 Å². The summed E-state index contributed by atoms with van der Waals surface area (Å²) in [5.74, 6) is -0.436. The van der Waals surface area contributed by atoms with Gasteiger partial charge in [0.05, 0.1) is 25.4 Å². The second kappa shape index (κ2) is 11.1. The first kappa shape index (κ1) is 24.2. The first-order valence-electron chi connectivity index (χ1n) is 12.6. The molecular weight excluding hydrogens is 456 g/mol. The lowest BCUT2D eigenvalue weighted by Crippen LogP contribution is -2.45. The lowest BCUT2D eigenvalue weighted by Gasteiger charge is -2.32. The van der Waals surface area contributed by atoms with E-state index in [0.29, 0.717) is 44.0 Å². The van der Waals surface area contributed by atoms with E-state index in [0.717, 1.165) is 42.6 Å². The Balaban J connectivity index is 1.26. The van der Waals surface area contributed by atoms with Gasteiger partial charge in [0.2, 0.25) is 0 Å². The van der Waals surface area contributed by atoms with Crippen molar-refractivity contribution >= 4 is 11.9 Å². The highest BCUT2D eigenvalue weighted by Gasteiger charge is 2.50. The SMILES string of the molecule is O=C(OCCC1(N(CCOCc2ccccc2)C(=O)c2n[nH]c3c2CNCC3)CC1)c1ccccc1. The molecule has 36 heavy (non-hydrogen) atoms. The highest BCUT2D eigenvalue weighted by atomic mass is 16.5. The minimum atomic E-state index is -0.349. The standard InChI is InChI=1S/C28H32N4O4/c33-26(25-23-19-29-15-11-24(23)30-31-25)32(16-18-35-20-21-7-3-1-4-8-21)28(12-13-28)14-17-36-27(34)22-9-5-2-6-10-22/h1-10,29H,11-20H2,(H,30,31). The van der Waals surface area contributed by atoms with E-state index in [1.54, 1.807) is 12.1 Å². The van der Waals surface area contributed by atoms with Crippen molar-refractivity contribution in [3.63, 3.8) is 0 Å². The number of rotatable bonds is 11. The van der Waals surface area contributed by atoms with Gasteiger partial charge in [0.1, 0.15) is 0 Å². The van der Waals surface area contributed by atoms with Crippen molar-refractivity contribution in [3.05, 3.63) is 88.7 Å². The molecular formula is C28H32N4O4. The van der Waals surface area contributed by atoms with Crippen LogP contribution in [0.1, 0.15) is 56.9 Å². The van der Waals surface area contributed by atoms with Gasteiger partial charge in [0, 0.05) is 49.3 Å². The minimum absolute atomic E-state index is 0.0913. The number of amides is 1. The molecule has 0 spiro atoms. The maximum absolute atomic E-state index is 13.8. The van der Waals surface area contributed by atoms with E-state index in [9.17, 15) is 9.59 Å². The van der Waals surface area contributed by atoms with Crippen molar-refractivity contribution in [2.75, 3.05) is 26.3 Å². The molecule has 8 nitrogen and oxygen atoms in total. The Morgan fingerprint density at radius 2 is 1.75 bits per heavy atom. The third kappa shape index (κ3) is 5.50. The van der Waals surface area contributed by atoms with Gasteiger partial charge in [-0.1, -0.05) is 48.5 Å². The van der Waals surface area contributed by atoms with Crippen molar-refractivity contribution in [2.45, 2.75) is 44.4 Å². The molecule has 0 saturated heterocycles. The largest absolute Gasteiger partial charge is 0.462 e. The fraction of sp³-hybridized carbons (Fsp3) is 0.393. The molecule has 1 amide bonds. The lowest BCUT2D eigenvalue weighted by atomic mass is 10.0. The molecule has 0 radical (unpaired) electrons. The molecule has 2 N–H and O–H groups in total. The average molecular weight is 489 g/mol. The average Bonchev–Trinajstić information content (AvgIpc) is 3.57. The van der Waals surface area contributed by atoms with Gasteiger partial charge in [-0.25, -0.2) is 4.79 Å². The van der Waals surface area contributed by atoms with Crippen molar-refractivity contribution in [3.8, 4) is 0 Å². The first-order valence-corrected chi connectivity index (χ1v) is 12.6. The van der Waals surface area contributed by atoms with Crippen LogP contribution in [0.2, 0.25) is 0 Å². The summed E-state index contributed by atoms with van der Waals surface area (Å²) in [5.41, 5.74) is 3.73. The second-order valence-electron chi connectivity index (χ2n) is 9.43. The number of carbonyl (C=O) groups excluding carboxylic acids is 2. The number of aromatic amines is 1. The summed E-state index contributed by atoms with van der Waals surface area (Å²) in [6.07, 6.45) is 3.15. The van der Waals surface area contributed by atoms with Crippen LogP contribution in [0.15, 0.2) is 60.7 Å². The Hall–Kier alpha value is -3.49. The molecule has 2 aromatic carbocycles. The van der Waals surface area contributed by atoms with Gasteiger partial charge in [-0.3, -0.25) is 9.89 Å². The van der Waals surface area contributed by atoms with E-state index in [-0.39, 0.29) is 24.0 Å². The number of carbonyl (C=O) groups is 2. The molecule has 8 heteroatoms. The number of aromatic nitrogens is 2. The van der Waals surface area contributed by atoms with Crippen molar-refractivity contribution < 1.29 is 19.1 Å². The third-order valence-electron chi connectivity index (χ3n) is 7.03. The molecule has 1 aliphatic carbocycles. The molecule has 0 atom stereocenters. The van der Waals surface area contributed by atoms with Crippen molar-refractivity contribution in [1.29, 1.82) is 0 Å². The third-order valence-corrected chi connectivity index (χ3v) is 7.03. The van der Waals surface area contributed by atoms with Crippen LogP contribution in [0.3, 0.4) is 0 Å². The number of hydrogen-bond donors (Lipinski definition) is 2. The van der Waals surface area contributed by atoms with Crippen LogP contribution >= 0.6 is 0 Å². The predicted octanol–water partition coefficient (Wildman–Crippen LogP) is 3.49. The summed E-state index contributed by atoms with van der Waals surface area (Å²) in [4.78, 5) is 28.1. The summed E-state index contributed by atoms with van der Waals surface area (Å²) < 4.78 is 11.5. The maximum atomic E-state index is 13.8. The number of ether oxygens (including phenoxy) is 2. The molecule has 1 aliphatic heterocycles. The Morgan fingerprint density at radius 1 is 1.00 bits per heavy atom. The quantitative estimate of drug-likeness (QED) is 0.317. The van der Waals surface area contributed by atoms with Crippen LogP contribution in [0.5, 0.6) is 0 Å². The molecule has 0 bridgehead atoms. The lowest BCUT2D eigenvalue weighted by molar-refractivity contribution is 0.0342. The zero-order valence-corrected chi connectivity index (χ0v) is 20.4. The van der Waals surface area contributed by atoms with Crippen molar-refractivity contribution in [1.82, 2.24) is 20.4 Å². The van der Waals surface area contributed by atoms with Crippen molar-refractivity contribution in [2.24, 2.45) is 0 Å². The Morgan fingerprint density at radius 3 is 2.50 bits per heavy atom. The molecule has 1 fully saturated rings. The van der Waals surface area contributed by atoms with Crippen LogP contribution in [-0.4, -0.2) is 58.8 Å². The number of esters is 1. The fourth-order valence-electron chi connectivity index (χ4n) is 4.79. The second-order valence-corrected chi connectivity index (χ2v) is 9.43. The topological polar surface area (TPSA) is 96.5 Å². The van der Waals surface area contributed by atoms with E-state index in [1.165, 1.54) is 0 Å². The highest BCUT2D eigenvalue weighted by molar-refractivity contribution is 5.95. The summed E-state index contributed by atoms with van der Waals surface area (Å²) in [6, 6.07) is 19.0. The van der Waals surface area contributed by atoms with Gasteiger partial charge in [-0.2, -0.15) is 5.10 Å². The molecule has 3 aromatic rings. The predicted molar refractivity (Wildman–Crippen MR) is 134 cm³/mol. The Labute approximate surface area is 211 Å². The number of fused-ring (bicyclic) bond motifs is 1. The minimum Gasteiger partial charge on any atom is -0.462 e. The zero-order chi connectivity index (χ0) is 24.8.